The van der Waals surface area contributed by atoms with E-state index < -0.39 is 4.92 Å². The fraction of sp³-hybridized carbons (Fsp3) is 0. The van der Waals surface area contributed by atoms with Gasteiger partial charge in [-0.25, -0.2) is 0 Å². The highest BCUT2D eigenvalue weighted by Crippen LogP contribution is 2.35. The smallest absolute Gasteiger partial charge is 0.270 e. The largest absolute Gasteiger partial charge is 0.457 e. The van der Waals surface area contributed by atoms with Crippen LogP contribution in [0.3, 0.4) is 0 Å². The number of furan rings is 1. The van der Waals surface area contributed by atoms with Crippen LogP contribution in [0.4, 0.5) is 11.4 Å². The van der Waals surface area contributed by atoms with Crippen LogP contribution < -0.4 is 5.32 Å². The van der Waals surface area contributed by atoms with Crippen molar-refractivity contribution in [3.63, 3.8) is 0 Å². The monoisotopic (exact) mass is 366 g/mol. The molecule has 0 fully saturated rings. The van der Waals surface area contributed by atoms with Crippen LogP contribution in [-0.2, 0) is 4.79 Å². The second-order valence-corrected chi connectivity index (χ2v) is 6.15. The van der Waals surface area contributed by atoms with E-state index in [4.69, 9.17) is 16.0 Å². The maximum absolute atomic E-state index is 12.2. The van der Waals surface area contributed by atoms with Crippen molar-refractivity contribution in [1.29, 1.82) is 0 Å². The van der Waals surface area contributed by atoms with E-state index in [1.165, 1.54) is 12.1 Å². The summed E-state index contributed by atoms with van der Waals surface area (Å²) in [6.45, 7) is 0. The third-order valence-corrected chi connectivity index (χ3v) is 4.25. The summed E-state index contributed by atoms with van der Waals surface area (Å²) < 4.78 is 5.75. The first-order valence-corrected chi connectivity index (χ1v) is 8.07. The quantitative estimate of drug-likeness (QED) is 0.401. The van der Waals surface area contributed by atoms with E-state index in [2.05, 4.69) is 5.32 Å². The molecule has 0 unspecified atom stereocenters. The molecule has 1 aliphatic heterocycles. The van der Waals surface area contributed by atoms with E-state index in [0.29, 0.717) is 33.4 Å². The van der Waals surface area contributed by atoms with Crippen LogP contribution in [0.25, 0.3) is 23.0 Å². The second kappa shape index (κ2) is 6.16. The van der Waals surface area contributed by atoms with Gasteiger partial charge in [-0.3, -0.25) is 14.9 Å². The Kier molecular flexibility index (Phi) is 3.82. The lowest BCUT2D eigenvalue weighted by Crippen LogP contribution is -2.03. The second-order valence-electron chi connectivity index (χ2n) is 5.71. The lowest BCUT2D eigenvalue weighted by atomic mass is 10.1. The average molecular weight is 367 g/mol. The lowest BCUT2D eigenvalue weighted by Gasteiger charge is -1.98. The SMILES string of the molecule is O=C1Nc2cc(Cl)ccc2C1=Cc1ccc(-c2cccc([N+](=O)[O-])c2)o1. The van der Waals surface area contributed by atoms with Crippen LogP contribution in [0.1, 0.15) is 11.3 Å². The number of halogens is 1. The molecule has 0 radical (unpaired) electrons. The van der Waals surface area contributed by atoms with Crippen molar-refractivity contribution in [3.05, 3.63) is 81.1 Å². The van der Waals surface area contributed by atoms with Gasteiger partial charge in [-0.05, 0) is 30.3 Å². The van der Waals surface area contributed by atoms with Gasteiger partial charge in [0.05, 0.1) is 16.2 Å². The van der Waals surface area contributed by atoms with E-state index in [0.717, 1.165) is 5.56 Å². The number of rotatable bonds is 3. The molecule has 1 N–H and O–H groups in total. The number of hydrogen-bond donors (Lipinski definition) is 1. The van der Waals surface area contributed by atoms with Gasteiger partial charge in [-0.1, -0.05) is 29.8 Å². The molecule has 0 bridgehead atoms. The van der Waals surface area contributed by atoms with Gasteiger partial charge in [0, 0.05) is 28.3 Å². The molecule has 0 spiro atoms. The highest BCUT2D eigenvalue weighted by molar-refractivity contribution is 6.36. The molecule has 128 valence electrons. The Bertz CT molecular complexity index is 1080. The van der Waals surface area contributed by atoms with Gasteiger partial charge in [0.15, 0.2) is 0 Å². The van der Waals surface area contributed by atoms with Gasteiger partial charge >= 0.3 is 0 Å². The van der Waals surface area contributed by atoms with E-state index in [1.807, 2.05) is 0 Å². The summed E-state index contributed by atoms with van der Waals surface area (Å²) in [5.41, 5.74) is 2.44. The first-order valence-electron chi connectivity index (χ1n) is 7.69. The predicted octanol–water partition coefficient (Wildman–Crippen LogP) is 5.00. The molecule has 1 amide bonds. The number of nitro groups is 1. The zero-order chi connectivity index (χ0) is 18.3. The molecule has 3 aromatic rings. The van der Waals surface area contributed by atoms with Gasteiger partial charge in [0.2, 0.25) is 0 Å². The number of nitrogens with zero attached hydrogens (tertiary/aromatic N) is 1. The highest BCUT2D eigenvalue weighted by Gasteiger charge is 2.24. The molecule has 1 aliphatic rings. The summed E-state index contributed by atoms with van der Waals surface area (Å²) in [5.74, 6) is 0.713. The molecule has 0 aliphatic carbocycles. The Balaban J connectivity index is 1.70. The van der Waals surface area contributed by atoms with E-state index in [1.54, 1.807) is 48.5 Å². The highest BCUT2D eigenvalue weighted by atomic mass is 35.5. The summed E-state index contributed by atoms with van der Waals surface area (Å²) in [6, 6.07) is 14.8. The van der Waals surface area contributed by atoms with Gasteiger partial charge in [0.1, 0.15) is 11.5 Å². The van der Waals surface area contributed by atoms with Gasteiger partial charge < -0.3 is 9.73 Å². The third kappa shape index (κ3) is 2.87. The number of carbonyl (C=O) groups excluding carboxylic acids is 1. The summed E-state index contributed by atoms with van der Waals surface area (Å²) in [4.78, 5) is 22.7. The van der Waals surface area contributed by atoms with Crippen LogP contribution in [0, 0.1) is 10.1 Å². The molecule has 0 saturated heterocycles. The Morgan fingerprint density at radius 3 is 2.77 bits per heavy atom. The van der Waals surface area contributed by atoms with Crippen LogP contribution in [-0.4, -0.2) is 10.8 Å². The first kappa shape index (κ1) is 16.1. The lowest BCUT2D eigenvalue weighted by molar-refractivity contribution is -0.384. The number of nitrogens with one attached hydrogen (secondary N) is 1. The number of carbonyl (C=O) groups is 1. The molecule has 2 heterocycles. The van der Waals surface area contributed by atoms with Crippen molar-refractivity contribution < 1.29 is 14.1 Å². The molecule has 0 saturated carbocycles. The minimum atomic E-state index is -0.458. The Morgan fingerprint density at radius 2 is 1.96 bits per heavy atom. The van der Waals surface area contributed by atoms with Crippen molar-refractivity contribution in [2.45, 2.75) is 0 Å². The molecule has 0 atom stereocenters. The van der Waals surface area contributed by atoms with Crippen LogP contribution in [0.15, 0.2) is 59.0 Å². The molecule has 26 heavy (non-hydrogen) atoms. The van der Waals surface area contributed by atoms with Crippen molar-refractivity contribution in [1.82, 2.24) is 0 Å². The molecule has 1 aromatic heterocycles. The minimum absolute atomic E-state index is 0.0141. The van der Waals surface area contributed by atoms with Crippen molar-refractivity contribution in [3.8, 4) is 11.3 Å². The number of amides is 1. The zero-order valence-corrected chi connectivity index (χ0v) is 14.0. The summed E-state index contributed by atoms with van der Waals surface area (Å²) in [6.07, 6.45) is 1.63. The Morgan fingerprint density at radius 1 is 1.12 bits per heavy atom. The van der Waals surface area contributed by atoms with Gasteiger partial charge in [0.25, 0.3) is 11.6 Å². The molecule has 7 heteroatoms. The van der Waals surface area contributed by atoms with Gasteiger partial charge in [-0.2, -0.15) is 0 Å². The topological polar surface area (TPSA) is 85.4 Å². The van der Waals surface area contributed by atoms with E-state index in [-0.39, 0.29) is 11.6 Å². The number of fused-ring (bicyclic) bond motifs is 1. The molecule has 4 rings (SSSR count). The number of anilines is 1. The fourth-order valence-electron chi connectivity index (χ4n) is 2.81. The summed E-state index contributed by atoms with van der Waals surface area (Å²) in [5, 5.41) is 14.2. The maximum atomic E-state index is 12.2. The number of nitro benzene ring substituents is 1. The average Bonchev–Trinajstić information content (AvgIpc) is 3.20. The summed E-state index contributed by atoms with van der Waals surface area (Å²) >= 11 is 5.95. The van der Waals surface area contributed by atoms with Crippen LogP contribution in [0.2, 0.25) is 5.02 Å². The number of hydrogen-bond acceptors (Lipinski definition) is 4. The Labute approximate surface area is 152 Å². The van der Waals surface area contributed by atoms with E-state index in [9.17, 15) is 14.9 Å². The molecular weight excluding hydrogens is 356 g/mol. The zero-order valence-electron chi connectivity index (χ0n) is 13.2. The van der Waals surface area contributed by atoms with Crippen molar-refractivity contribution in [2.24, 2.45) is 0 Å². The maximum Gasteiger partial charge on any atom is 0.270 e. The number of benzene rings is 2. The van der Waals surface area contributed by atoms with Crippen LogP contribution in [0.5, 0.6) is 0 Å². The van der Waals surface area contributed by atoms with Gasteiger partial charge in [-0.15, -0.1) is 0 Å². The standard InChI is InChI=1S/C19H11ClN2O4/c20-12-4-6-15-16(19(23)21-17(15)9-12)10-14-5-7-18(26-14)11-2-1-3-13(8-11)22(24)25/h1-10H,(H,21,23). The predicted molar refractivity (Wildman–Crippen MR) is 98.8 cm³/mol. The minimum Gasteiger partial charge on any atom is -0.457 e. The third-order valence-electron chi connectivity index (χ3n) is 4.02. The molecule has 2 aromatic carbocycles. The fourth-order valence-corrected chi connectivity index (χ4v) is 2.98. The number of non-ortho nitro benzene ring substituents is 1. The molecule has 6 nitrogen and oxygen atoms in total. The molecular formula is C19H11ClN2O4. The Hall–Kier alpha value is -3.38. The summed E-state index contributed by atoms with van der Waals surface area (Å²) in [7, 11) is 0. The van der Waals surface area contributed by atoms with Crippen LogP contribution >= 0.6 is 11.6 Å². The van der Waals surface area contributed by atoms with E-state index >= 15 is 0 Å². The van der Waals surface area contributed by atoms with Crippen molar-refractivity contribution >= 4 is 40.5 Å². The normalized spacial score (nSPS) is 14.3. The first-order chi connectivity index (χ1) is 12.5. The van der Waals surface area contributed by atoms with Crippen molar-refractivity contribution in [2.75, 3.05) is 5.32 Å².